The second-order valence-corrected chi connectivity index (χ2v) is 8.46. The standard InChI is InChI=1S/C23H37N5O2.HI/c1-27(2)22(29)17-26-23(25-16-21-12-6-7-14-30-21)24-15-20-11-8-13-28(20)18-19-9-4-3-5-10-19;/h3-5,9-10,20-21H,6-8,11-18H2,1-2H3,(H2,24,25,26);1H. The Morgan fingerprint density at radius 1 is 1.13 bits per heavy atom. The topological polar surface area (TPSA) is 69.2 Å². The number of likely N-dealkylation sites (N-methyl/N-ethyl adjacent to an activating group) is 1. The molecule has 2 unspecified atom stereocenters. The van der Waals surface area contributed by atoms with E-state index in [0.717, 1.165) is 45.6 Å². The van der Waals surface area contributed by atoms with Gasteiger partial charge in [-0.05, 0) is 44.2 Å². The second-order valence-electron chi connectivity index (χ2n) is 8.46. The summed E-state index contributed by atoms with van der Waals surface area (Å²) in [6.45, 7) is 4.62. The van der Waals surface area contributed by atoms with Gasteiger partial charge in [-0.25, -0.2) is 4.99 Å². The molecule has 1 amide bonds. The average molecular weight is 543 g/mol. The van der Waals surface area contributed by atoms with Crippen molar-refractivity contribution in [2.45, 2.75) is 50.8 Å². The normalized spacial score (nSPS) is 21.9. The van der Waals surface area contributed by atoms with Gasteiger partial charge >= 0.3 is 0 Å². The summed E-state index contributed by atoms with van der Waals surface area (Å²) in [4.78, 5) is 20.6. The highest BCUT2D eigenvalue weighted by atomic mass is 127. The van der Waals surface area contributed by atoms with Gasteiger partial charge in [0.2, 0.25) is 5.91 Å². The molecule has 2 saturated heterocycles. The van der Waals surface area contributed by atoms with Crippen molar-refractivity contribution in [3.8, 4) is 0 Å². The largest absolute Gasteiger partial charge is 0.376 e. The average Bonchev–Trinajstić information content (AvgIpc) is 3.21. The number of hydrogen-bond donors (Lipinski definition) is 2. The van der Waals surface area contributed by atoms with Gasteiger partial charge < -0.3 is 20.3 Å². The maximum atomic E-state index is 12.0. The molecular formula is C23H38IN5O2. The molecule has 0 aromatic heterocycles. The summed E-state index contributed by atoms with van der Waals surface area (Å²) in [6, 6.07) is 11.1. The molecule has 2 atom stereocenters. The molecule has 2 fully saturated rings. The zero-order valence-electron chi connectivity index (χ0n) is 18.9. The molecule has 2 heterocycles. The summed E-state index contributed by atoms with van der Waals surface area (Å²) in [5.74, 6) is 0.697. The molecule has 1 aromatic carbocycles. The molecule has 0 bridgehead atoms. The number of rotatable bonds is 8. The Balaban J connectivity index is 0.00000341. The van der Waals surface area contributed by atoms with E-state index in [1.165, 1.54) is 24.8 Å². The number of guanidine groups is 1. The third-order valence-corrected chi connectivity index (χ3v) is 5.88. The quantitative estimate of drug-likeness (QED) is 0.300. The Labute approximate surface area is 204 Å². The van der Waals surface area contributed by atoms with Gasteiger partial charge in [-0.1, -0.05) is 30.3 Å². The van der Waals surface area contributed by atoms with Crippen molar-refractivity contribution in [1.82, 2.24) is 20.4 Å². The Morgan fingerprint density at radius 2 is 1.90 bits per heavy atom. The van der Waals surface area contributed by atoms with E-state index in [4.69, 9.17) is 4.74 Å². The number of hydrogen-bond acceptors (Lipinski definition) is 4. The first-order chi connectivity index (χ1) is 14.6. The lowest BCUT2D eigenvalue weighted by Crippen LogP contribution is -2.47. The molecule has 1 aromatic rings. The monoisotopic (exact) mass is 543 g/mol. The van der Waals surface area contributed by atoms with Crippen molar-refractivity contribution in [3.05, 3.63) is 35.9 Å². The van der Waals surface area contributed by atoms with Gasteiger partial charge in [0, 0.05) is 46.4 Å². The molecule has 0 saturated carbocycles. The molecule has 8 heteroatoms. The number of benzene rings is 1. The van der Waals surface area contributed by atoms with Crippen molar-refractivity contribution in [3.63, 3.8) is 0 Å². The van der Waals surface area contributed by atoms with Crippen molar-refractivity contribution in [2.24, 2.45) is 4.99 Å². The number of nitrogens with one attached hydrogen (secondary N) is 2. The van der Waals surface area contributed by atoms with E-state index in [1.54, 1.807) is 19.0 Å². The van der Waals surface area contributed by atoms with Gasteiger partial charge in [0.1, 0.15) is 6.54 Å². The van der Waals surface area contributed by atoms with Crippen molar-refractivity contribution >= 4 is 35.8 Å². The smallest absolute Gasteiger partial charge is 0.243 e. The van der Waals surface area contributed by atoms with Crippen molar-refractivity contribution in [2.75, 3.05) is 46.9 Å². The lowest BCUT2D eigenvalue weighted by Gasteiger charge is -2.27. The fourth-order valence-corrected chi connectivity index (χ4v) is 4.01. The van der Waals surface area contributed by atoms with Crippen LogP contribution < -0.4 is 10.6 Å². The van der Waals surface area contributed by atoms with Crippen molar-refractivity contribution in [1.29, 1.82) is 0 Å². The fraction of sp³-hybridized carbons (Fsp3) is 0.652. The summed E-state index contributed by atoms with van der Waals surface area (Å²) >= 11 is 0. The van der Waals surface area contributed by atoms with Crippen LogP contribution in [0.15, 0.2) is 35.3 Å². The van der Waals surface area contributed by atoms with Crippen LogP contribution in [0.3, 0.4) is 0 Å². The zero-order valence-corrected chi connectivity index (χ0v) is 21.2. The predicted molar refractivity (Wildman–Crippen MR) is 136 cm³/mol. The van der Waals surface area contributed by atoms with Crippen LogP contribution in [0.25, 0.3) is 0 Å². The molecule has 2 N–H and O–H groups in total. The molecule has 0 spiro atoms. The van der Waals surface area contributed by atoms with Gasteiger partial charge in [0.15, 0.2) is 5.96 Å². The summed E-state index contributed by atoms with van der Waals surface area (Å²) in [5.41, 5.74) is 1.35. The Morgan fingerprint density at radius 3 is 2.61 bits per heavy atom. The number of carbonyl (C=O) groups excluding carboxylic acids is 1. The minimum absolute atomic E-state index is 0. The minimum Gasteiger partial charge on any atom is -0.376 e. The van der Waals surface area contributed by atoms with Crippen LogP contribution in [0, 0.1) is 0 Å². The number of carbonyl (C=O) groups is 1. The maximum absolute atomic E-state index is 12.0. The molecule has 2 aliphatic rings. The van der Waals surface area contributed by atoms with E-state index in [2.05, 4.69) is 50.9 Å². The number of halogens is 1. The molecule has 174 valence electrons. The van der Waals surface area contributed by atoms with Gasteiger partial charge in [0.25, 0.3) is 0 Å². The summed E-state index contributed by atoms with van der Waals surface area (Å²) in [7, 11) is 3.52. The molecule has 2 aliphatic heterocycles. The van der Waals surface area contributed by atoms with Crippen LogP contribution >= 0.6 is 24.0 Å². The molecule has 3 rings (SSSR count). The van der Waals surface area contributed by atoms with Crippen LogP contribution in [0.1, 0.15) is 37.7 Å². The van der Waals surface area contributed by atoms with Crippen LogP contribution in [-0.4, -0.2) is 80.7 Å². The highest BCUT2D eigenvalue weighted by Crippen LogP contribution is 2.19. The Kier molecular flexibility index (Phi) is 11.6. The predicted octanol–water partition coefficient (Wildman–Crippen LogP) is 2.46. The van der Waals surface area contributed by atoms with E-state index in [9.17, 15) is 4.79 Å². The van der Waals surface area contributed by atoms with E-state index >= 15 is 0 Å². The third-order valence-electron chi connectivity index (χ3n) is 5.88. The van der Waals surface area contributed by atoms with Gasteiger partial charge in [-0.3, -0.25) is 9.69 Å². The zero-order chi connectivity index (χ0) is 21.2. The summed E-state index contributed by atoms with van der Waals surface area (Å²) in [5, 5.41) is 6.88. The SMILES string of the molecule is CN(C)C(=O)CN=C(NCC1CCCCO1)NCC1CCCN1Cc1ccccc1.I. The number of amides is 1. The van der Waals surface area contributed by atoms with Crippen LogP contribution in [0.2, 0.25) is 0 Å². The highest BCUT2D eigenvalue weighted by molar-refractivity contribution is 14.0. The van der Waals surface area contributed by atoms with Crippen LogP contribution in [-0.2, 0) is 16.1 Å². The number of likely N-dealkylation sites (tertiary alicyclic amines) is 1. The minimum atomic E-state index is -0.00316. The summed E-state index contributed by atoms with van der Waals surface area (Å²) in [6.07, 6.45) is 6.04. The molecule has 7 nitrogen and oxygen atoms in total. The van der Waals surface area contributed by atoms with Gasteiger partial charge in [-0.15, -0.1) is 24.0 Å². The second kappa shape index (κ2) is 13.9. The van der Waals surface area contributed by atoms with E-state index in [0.29, 0.717) is 12.0 Å². The Bertz CT molecular complexity index is 680. The van der Waals surface area contributed by atoms with E-state index in [-0.39, 0.29) is 42.5 Å². The van der Waals surface area contributed by atoms with Crippen LogP contribution in [0.5, 0.6) is 0 Å². The number of nitrogens with zero attached hydrogens (tertiary/aromatic N) is 3. The number of ether oxygens (including phenoxy) is 1. The third kappa shape index (κ3) is 8.94. The fourth-order valence-electron chi connectivity index (χ4n) is 4.01. The van der Waals surface area contributed by atoms with Crippen molar-refractivity contribution < 1.29 is 9.53 Å². The van der Waals surface area contributed by atoms with E-state index in [1.807, 2.05) is 0 Å². The lowest BCUT2D eigenvalue weighted by atomic mass is 10.1. The van der Waals surface area contributed by atoms with E-state index < -0.39 is 0 Å². The first kappa shape index (κ1) is 25.9. The van der Waals surface area contributed by atoms with Crippen LogP contribution in [0.4, 0.5) is 0 Å². The summed E-state index contributed by atoms with van der Waals surface area (Å²) < 4.78 is 5.82. The molecule has 31 heavy (non-hydrogen) atoms. The first-order valence-electron chi connectivity index (χ1n) is 11.2. The highest BCUT2D eigenvalue weighted by Gasteiger charge is 2.24. The molecule has 0 radical (unpaired) electrons. The number of aliphatic imine (C=N–C) groups is 1. The molecule has 0 aliphatic carbocycles. The van der Waals surface area contributed by atoms with Gasteiger partial charge in [0.05, 0.1) is 6.10 Å². The lowest BCUT2D eigenvalue weighted by molar-refractivity contribution is -0.127. The molecular weight excluding hydrogens is 505 g/mol. The van der Waals surface area contributed by atoms with Gasteiger partial charge in [-0.2, -0.15) is 0 Å². The Hall–Kier alpha value is -1.39. The maximum Gasteiger partial charge on any atom is 0.243 e. The first-order valence-corrected chi connectivity index (χ1v) is 11.2.